The Morgan fingerprint density at radius 2 is 2.10 bits per heavy atom. The van der Waals surface area contributed by atoms with E-state index >= 15 is 0 Å². The van der Waals surface area contributed by atoms with Crippen LogP contribution in [0.25, 0.3) is 0 Å². The van der Waals surface area contributed by atoms with Crippen LogP contribution < -0.4 is 10.0 Å². The van der Waals surface area contributed by atoms with Crippen molar-refractivity contribution in [3.8, 4) is 0 Å². The zero-order valence-corrected chi connectivity index (χ0v) is 13.5. The van der Waals surface area contributed by atoms with Crippen LogP contribution in [0.5, 0.6) is 0 Å². The Balaban J connectivity index is 1.80. The van der Waals surface area contributed by atoms with Crippen molar-refractivity contribution in [2.24, 2.45) is 5.92 Å². The molecule has 1 saturated carbocycles. The number of hydrogen-bond donors (Lipinski definition) is 2. The van der Waals surface area contributed by atoms with E-state index in [9.17, 15) is 8.42 Å². The van der Waals surface area contributed by atoms with Crippen molar-refractivity contribution < 1.29 is 8.42 Å². The van der Waals surface area contributed by atoms with Crippen molar-refractivity contribution in [2.75, 3.05) is 13.1 Å². The van der Waals surface area contributed by atoms with Crippen LogP contribution in [0.4, 0.5) is 0 Å². The molecule has 0 aromatic carbocycles. The second-order valence-corrected chi connectivity index (χ2v) is 7.38. The average molecular weight is 311 g/mol. The number of rotatable bonds is 10. The maximum atomic E-state index is 12.1. The van der Waals surface area contributed by atoms with Crippen LogP contribution >= 0.6 is 0 Å². The molecule has 118 valence electrons. The van der Waals surface area contributed by atoms with Gasteiger partial charge in [0.05, 0.1) is 0 Å². The third kappa shape index (κ3) is 5.73. The highest BCUT2D eigenvalue weighted by Gasteiger charge is 2.21. The van der Waals surface area contributed by atoms with Gasteiger partial charge in [0.1, 0.15) is 0 Å². The summed E-state index contributed by atoms with van der Waals surface area (Å²) in [5, 5.41) is 3.37. The molecule has 1 aromatic heterocycles. The first-order chi connectivity index (χ1) is 10.1. The lowest BCUT2D eigenvalue weighted by Crippen LogP contribution is -2.25. The average Bonchev–Trinajstić information content (AvgIpc) is 3.29. The number of nitrogens with one attached hydrogen (secondary N) is 2. The minimum absolute atomic E-state index is 0.105. The SMILES string of the molecule is CCCNCc1ccc(S(=O)(=O)NCCCC2CC2)nc1. The maximum absolute atomic E-state index is 12.1. The summed E-state index contributed by atoms with van der Waals surface area (Å²) >= 11 is 0. The molecule has 1 heterocycles. The summed E-state index contributed by atoms with van der Waals surface area (Å²) in [6, 6.07) is 3.39. The second kappa shape index (κ2) is 7.87. The molecule has 0 amide bonds. The van der Waals surface area contributed by atoms with E-state index in [1.807, 2.05) is 6.07 Å². The zero-order valence-electron chi connectivity index (χ0n) is 12.6. The lowest BCUT2D eigenvalue weighted by molar-refractivity contribution is 0.568. The fourth-order valence-electron chi connectivity index (χ4n) is 2.16. The van der Waals surface area contributed by atoms with Gasteiger partial charge in [0.25, 0.3) is 10.0 Å². The Bertz CT molecular complexity index is 524. The fraction of sp³-hybridized carbons (Fsp3) is 0.667. The summed E-state index contributed by atoms with van der Waals surface area (Å²) in [5.41, 5.74) is 0.996. The van der Waals surface area contributed by atoms with Crippen LogP contribution in [-0.2, 0) is 16.6 Å². The van der Waals surface area contributed by atoms with Gasteiger partial charge in [-0.25, -0.2) is 18.1 Å². The fourth-order valence-corrected chi connectivity index (χ4v) is 3.16. The highest BCUT2D eigenvalue weighted by Crippen LogP contribution is 2.33. The molecule has 0 spiro atoms. The quantitative estimate of drug-likeness (QED) is 0.649. The van der Waals surface area contributed by atoms with Gasteiger partial charge in [-0.15, -0.1) is 0 Å². The van der Waals surface area contributed by atoms with E-state index in [1.54, 1.807) is 12.3 Å². The van der Waals surface area contributed by atoms with Crippen molar-refractivity contribution in [1.82, 2.24) is 15.0 Å². The Hall–Kier alpha value is -0.980. The van der Waals surface area contributed by atoms with Crippen LogP contribution in [-0.4, -0.2) is 26.5 Å². The van der Waals surface area contributed by atoms with Crippen LogP contribution in [0.1, 0.15) is 44.6 Å². The Morgan fingerprint density at radius 3 is 2.71 bits per heavy atom. The third-order valence-electron chi connectivity index (χ3n) is 3.61. The van der Waals surface area contributed by atoms with Crippen LogP contribution in [0.3, 0.4) is 0 Å². The predicted molar refractivity (Wildman–Crippen MR) is 83.4 cm³/mol. The lowest BCUT2D eigenvalue weighted by Gasteiger charge is -2.07. The summed E-state index contributed by atoms with van der Waals surface area (Å²) < 4.78 is 26.8. The number of nitrogens with zero attached hydrogens (tertiary/aromatic N) is 1. The number of hydrogen-bond acceptors (Lipinski definition) is 4. The van der Waals surface area contributed by atoms with E-state index in [1.165, 1.54) is 12.8 Å². The van der Waals surface area contributed by atoms with E-state index < -0.39 is 10.0 Å². The molecule has 2 N–H and O–H groups in total. The van der Waals surface area contributed by atoms with Gasteiger partial charge in [-0.2, -0.15) is 0 Å². The first-order valence-corrected chi connectivity index (χ1v) is 9.25. The van der Waals surface area contributed by atoms with Crippen LogP contribution in [0, 0.1) is 5.92 Å². The molecule has 21 heavy (non-hydrogen) atoms. The molecule has 1 aromatic rings. The molecule has 1 aliphatic rings. The van der Waals surface area contributed by atoms with Crippen molar-refractivity contribution in [3.05, 3.63) is 23.9 Å². The molecule has 6 heteroatoms. The molecular weight excluding hydrogens is 286 g/mol. The van der Waals surface area contributed by atoms with Crippen molar-refractivity contribution >= 4 is 10.0 Å². The van der Waals surface area contributed by atoms with Gasteiger partial charge >= 0.3 is 0 Å². The molecule has 2 rings (SSSR count). The van der Waals surface area contributed by atoms with Gasteiger partial charge in [0.2, 0.25) is 0 Å². The smallest absolute Gasteiger partial charge is 0.258 e. The largest absolute Gasteiger partial charge is 0.313 e. The Kier molecular flexibility index (Phi) is 6.14. The van der Waals surface area contributed by atoms with Crippen molar-refractivity contribution in [2.45, 2.75) is 50.6 Å². The standard InChI is InChI=1S/C15H25N3O2S/c1-2-9-16-11-14-7-8-15(17-12-14)21(19,20)18-10-3-4-13-5-6-13/h7-8,12-13,16,18H,2-6,9-11H2,1H3. The topological polar surface area (TPSA) is 71.1 Å². The molecule has 0 bridgehead atoms. The molecule has 0 aliphatic heterocycles. The molecule has 0 unspecified atom stereocenters. The van der Waals surface area contributed by atoms with Gasteiger partial charge in [0, 0.05) is 19.3 Å². The molecule has 0 radical (unpaired) electrons. The first-order valence-electron chi connectivity index (χ1n) is 7.77. The predicted octanol–water partition coefficient (Wildman–Crippen LogP) is 2.05. The summed E-state index contributed by atoms with van der Waals surface area (Å²) in [6.45, 7) is 4.27. The normalized spacial score (nSPS) is 15.3. The minimum atomic E-state index is -3.46. The van der Waals surface area contributed by atoms with Gasteiger partial charge in [-0.3, -0.25) is 0 Å². The van der Waals surface area contributed by atoms with Gasteiger partial charge in [-0.05, 0) is 43.4 Å². The van der Waals surface area contributed by atoms with Crippen molar-refractivity contribution in [1.29, 1.82) is 0 Å². The minimum Gasteiger partial charge on any atom is -0.313 e. The molecule has 0 saturated heterocycles. The number of aromatic nitrogens is 1. The summed E-state index contributed by atoms with van der Waals surface area (Å²) in [4.78, 5) is 4.06. The molecule has 5 nitrogen and oxygen atoms in total. The Labute approximate surface area is 127 Å². The highest BCUT2D eigenvalue weighted by atomic mass is 32.2. The lowest BCUT2D eigenvalue weighted by atomic mass is 10.2. The maximum Gasteiger partial charge on any atom is 0.258 e. The van der Waals surface area contributed by atoms with Crippen LogP contribution in [0.15, 0.2) is 23.4 Å². The summed E-state index contributed by atoms with van der Waals surface area (Å²) in [6.07, 6.45) is 7.34. The zero-order chi connectivity index (χ0) is 15.1. The van der Waals surface area contributed by atoms with E-state index in [4.69, 9.17) is 0 Å². The van der Waals surface area contributed by atoms with E-state index in [2.05, 4.69) is 21.9 Å². The summed E-state index contributed by atoms with van der Waals surface area (Å²) in [5.74, 6) is 0.836. The van der Waals surface area contributed by atoms with Crippen molar-refractivity contribution in [3.63, 3.8) is 0 Å². The Morgan fingerprint density at radius 1 is 1.29 bits per heavy atom. The number of sulfonamides is 1. The molecule has 0 atom stereocenters. The molecule has 1 aliphatic carbocycles. The number of pyridine rings is 1. The third-order valence-corrected chi connectivity index (χ3v) is 4.98. The van der Waals surface area contributed by atoms with E-state index in [-0.39, 0.29) is 5.03 Å². The van der Waals surface area contributed by atoms with Gasteiger partial charge in [-0.1, -0.05) is 25.8 Å². The molecular formula is C15H25N3O2S. The van der Waals surface area contributed by atoms with Gasteiger partial charge in [0.15, 0.2) is 5.03 Å². The van der Waals surface area contributed by atoms with E-state index in [0.717, 1.165) is 43.8 Å². The molecule has 1 fully saturated rings. The second-order valence-electron chi connectivity index (χ2n) is 5.66. The monoisotopic (exact) mass is 311 g/mol. The first kappa shape index (κ1) is 16.4. The van der Waals surface area contributed by atoms with Gasteiger partial charge < -0.3 is 5.32 Å². The van der Waals surface area contributed by atoms with Crippen LogP contribution in [0.2, 0.25) is 0 Å². The van der Waals surface area contributed by atoms with E-state index in [0.29, 0.717) is 6.54 Å². The summed E-state index contributed by atoms with van der Waals surface area (Å²) in [7, 11) is -3.46. The highest BCUT2D eigenvalue weighted by molar-refractivity contribution is 7.89.